The molecule has 0 aliphatic heterocycles. The van der Waals surface area contributed by atoms with Gasteiger partial charge in [-0.3, -0.25) is 4.79 Å². The lowest BCUT2D eigenvalue weighted by atomic mass is 10.1. The smallest absolute Gasteiger partial charge is 0.326 e. The first-order valence-electron chi connectivity index (χ1n) is 5.30. The van der Waals surface area contributed by atoms with Gasteiger partial charge in [0.15, 0.2) is 0 Å². The van der Waals surface area contributed by atoms with Gasteiger partial charge in [-0.05, 0) is 26.0 Å². The van der Waals surface area contributed by atoms with E-state index in [1.165, 1.54) is 11.8 Å². The summed E-state index contributed by atoms with van der Waals surface area (Å²) in [6.07, 6.45) is 0. The molecule has 0 spiro atoms. The van der Waals surface area contributed by atoms with Gasteiger partial charge in [0.25, 0.3) is 0 Å². The van der Waals surface area contributed by atoms with Crippen molar-refractivity contribution in [3.05, 3.63) is 30.3 Å². The fraction of sp³-hybridized carbons (Fsp3) is 0.333. The van der Waals surface area contributed by atoms with Crippen molar-refractivity contribution in [3.8, 4) is 0 Å². The Hall–Kier alpha value is -2.04. The van der Waals surface area contributed by atoms with Crippen molar-refractivity contribution in [2.75, 3.05) is 4.90 Å². The summed E-state index contributed by atoms with van der Waals surface area (Å²) in [6.45, 7) is 3.11. The zero-order valence-corrected chi connectivity index (χ0v) is 9.83. The molecule has 3 N–H and O–H groups in total. The first-order valence-corrected chi connectivity index (χ1v) is 5.30. The summed E-state index contributed by atoms with van der Waals surface area (Å²) < 4.78 is 0. The van der Waals surface area contributed by atoms with Crippen LogP contribution in [0.15, 0.2) is 30.3 Å². The van der Waals surface area contributed by atoms with Crippen molar-refractivity contribution in [1.29, 1.82) is 0 Å². The van der Waals surface area contributed by atoms with Crippen LogP contribution in [0.2, 0.25) is 0 Å². The quantitative estimate of drug-likeness (QED) is 0.793. The molecule has 92 valence electrons. The van der Waals surface area contributed by atoms with Gasteiger partial charge in [0.05, 0.1) is 0 Å². The lowest BCUT2D eigenvalue weighted by Crippen LogP contribution is -2.50. The van der Waals surface area contributed by atoms with Crippen LogP contribution in [0.5, 0.6) is 0 Å². The number of hydrogen-bond donors (Lipinski definition) is 2. The summed E-state index contributed by atoms with van der Waals surface area (Å²) >= 11 is 0. The number of rotatable bonds is 5. The SMILES string of the molecule is CC(C(N)=O)N(c1ccccc1)C(C)C(=O)O. The third-order valence-electron chi connectivity index (χ3n) is 2.66. The standard InChI is InChI=1S/C12H16N2O3/c1-8(11(13)15)14(9(2)12(16)17)10-6-4-3-5-7-10/h3-9H,1-2H3,(H2,13,15)(H,16,17). The molecule has 2 unspecified atom stereocenters. The summed E-state index contributed by atoms with van der Waals surface area (Å²) in [6, 6.07) is 7.39. The molecule has 0 bridgehead atoms. The molecule has 0 aromatic heterocycles. The highest BCUT2D eigenvalue weighted by molar-refractivity contribution is 5.87. The second-order valence-corrected chi connectivity index (χ2v) is 3.84. The van der Waals surface area contributed by atoms with Crippen molar-refractivity contribution in [2.24, 2.45) is 5.73 Å². The summed E-state index contributed by atoms with van der Waals surface area (Å²) in [5.41, 5.74) is 5.90. The van der Waals surface area contributed by atoms with E-state index >= 15 is 0 Å². The van der Waals surface area contributed by atoms with Crippen LogP contribution < -0.4 is 10.6 Å². The van der Waals surface area contributed by atoms with Gasteiger partial charge in [-0.15, -0.1) is 0 Å². The highest BCUT2D eigenvalue weighted by Gasteiger charge is 2.28. The molecule has 5 heteroatoms. The summed E-state index contributed by atoms with van der Waals surface area (Å²) in [5.74, 6) is -1.55. The van der Waals surface area contributed by atoms with Crippen LogP contribution in [0.4, 0.5) is 5.69 Å². The van der Waals surface area contributed by atoms with Crippen LogP contribution in [0, 0.1) is 0 Å². The van der Waals surface area contributed by atoms with E-state index in [4.69, 9.17) is 10.8 Å². The number of amides is 1. The fourth-order valence-electron chi connectivity index (χ4n) is 1.64. The number of nitrogens with two attached hydrogens (primary N) is 1. The van der Waals surface area contributed by atoms with E-state index in [2.05, 4.69) is 0 Å². The molecule has 1 amide bonds. The molecule has 17 heavy (non-hydrogen) atoms. The Morgan fingerprint density at radius 1 is 1.18 bits per heavy atom. The van der Waals surface area contributed by atoms with E-state index in [0.717, 1.165) is 0 Å². The molecule has 0 aliphatic carbocycles. The maximum absolute atomic E-state index is 11.2. The van der Waals surface area contributed by atoms with E-state index in [0.29, 0.717) is 5.69 Å². The number of carboxylic acid groups (broad SMARTS) is 1. The molecule has 0 fully saturated rings. The van der Waals surface area contributed by atoms with Crippen molar-refractivity contribution >= 4 is 17.6 Å². The number of carbonyl (C=O) groups excluding carboxylic acids is 1. The third-order valence-corrected chi connectivity index (χ3v) is 2.66. The molecule has 5 nitrogen and oxygen atoms in total. The predicted octanol–water partition coefficient (Wildman–Crippen LogP) is 0.840. The molecular weight excluding hydrogens is 220 g/mol. The number of para-hydroxylation sites is 1. The maximum atomic E-state index is 11.2. The molecule has 1 rings (SSSR count). The number of nitrogens with zero attached hydrogens (tertiary/aromatic N) is 1. The van der Waals surface area contributed by atoms with E-state index < -0.39 is 24.0 Å². The second kappa shape index (κ2) is 5.34. The molecule has 2 atom stereocenters. The fourth-order valence-corrected chi connectivity index (χ4v) is 1.64. The highest BCUT2D eigenvalue weighted by Crippen LogP contribution is 2.19. The molecule has 0 aliphatic rings. The number of benzene rings is 1. The van der Waals surface area contributed by atoms with Crippen LogP contribution in [-0.2, 0) is 9.59 Å². The van der Waals surface area contributed by atoms with Crippen molar-refractivity contribution in [2.45, 2.75) is 25.9 Å². The Morgan fingerprint density at radius 2 is 1.71 bits per heavy atom. The molecule has 0 radical (unpaired) electrons. The molecule has 0 heterocycles. The van der Waals surface area contributed by atoms with E-state index in [-0.39, 0.29) is 0 Å². The number of primary amides is 1. The minimum absolute atomic E-state index is 0.554. The minimum atomic E-state index is -0.998. The Bertz CT molecular complexity index is 385. The number of carboxylic acids is 1. The van der Waals surface area contributed by atoms with Gasteiger partial charge >= 0.3 is 5.97 Å². The second-order valence-electron chi connectivity index (χ2n) is 3.84. The number of anilines is 1. The predicted molar refractivity (Wildman–Crippen MR) is 64.7 cm³/mol. The zero-order valence-electron chi connectivity index (χ0n) is 9.83. The summed E-state index contributed by atoms with van der Waals surface area (Å²) in [4.78, 5) is 23.8. The van der Waals surface area contributed by atoms with Crippen LogP contribution >= 0.6 is 0 Å². The lowest BCUT2D eigenvalue weighted by Gasteiger charge is -2.32. The first kappa shape index (κ1) is 13.0. The van der Waals surface area contributed by atoms with Crippen molar-refractivity contribution in [3.63, 3.8) is 0 Å². The Balaban J connectivity index is 3.11. The first-order chi connectivity index (χ1) is 7.95. The van der Waals surface area contributed by atoms with Crippen molar-refractivity contribution in [1.82, 2.24) is 0 Å². The Labute approximate surface area is 99.8 Å². The van der Waals surface area contributed by atoms with Gasteiger partial charge < -0.3 is 15.7 Å². The monoisotopic (exact) mass is 236 g/mol. The van der Waals surface area contributed by atoms with Crippen LogP contribution in [0.25, 0.3) is 0 Å². The lowest BCUT2D eigenvalue weighted by molar-refractivity contribution is -0.138. The van der Waals surface area contributed by atoms with Gasteiger partial charge in [-0.2, -0.15) is 0 Å². The van der Waals surface area contributed by atoms with Gasteiger partial charge in [0.1, 0.15) is 12.1 Å². The Kier molecular flexibility index (Phi) is 4.09. The number of aliphatic carboxylic acids is 1. The van der Waals surface area contributed by atoms with E-state index in [1.807, 2.05) is 6.07 Å². The van der Waals surface area contributed by atoms with Crippen LogP contribution in [0.3, 0.4) is 0 Å². The number of hydrogen-bond acceptors (Lipinski definition) is 3. The zero-order chi connectivity index (χ0) is 13.0. The average Bonchev–Trinajstić information content (AvgIpc) is 2.30. The van der Waals surface area contributed by atoms with Gasteiger partial charge in [0, 0.05) is 5.69 Å². The maximum Gasteiger partial charge on any atom is 0.326 e. The van der Waals surface area contributed by atoms with Gasteiger partial charge in [0.2, 0.25) is 5.91 Å². The highest BCUT2D eigenvalue weighted by atomic mass is 16.4. The Morgan fingerprint density at radius 3 is 2.12 bits per heavy atom. The van der Waals surface area contributed by atoms with Crippen molar-refractivity contribution < 1.29 is 14.7 Å². The molecule has 0 saturated carbocycles. The topological polar surface area (TPSA) is 83.6 Å². The van der Waals surface area contributed by atoms with Crippen LogP contribution in [0.1, 0.15) is 13.8 Å². The number of carbonyl (C=O) groups is 2. The minimum Gasteiger partial charge on any atom is -0.480 e. The van der Waals surface area contributed by atoms with Gasteiger partial charge in [-0.1, -0.05) is 18.2 Å². The summed E-state index contributed by atoms with van der Waals surface area (Å²) in [7, 11) is 0. The average molecular weight is 236 g/mol. The molecule has 1 aromatic carbocycles. The molecule has 0 saturated heterocycles. The third kappa shape index (κ3) is 2.96. The largest absolute Gasteiger partial charge is 0.480 e. The molecule has 1 aromatic rings. The van der Waals surface area contributed by atoms with Gasteiger partial charge in [-0.25, -0.2) is 4.79 Å². The van der Waals surface area contributed by atoms with E-state index in [9.17, 15) is 9.59 Å². The molecular formula is C12H16N2O3. The summed E-state index contributed by atoms with van der Waals surface area (Å²) in [5, 5.41) is 9.05. The van der Waals surface area contributed by atoms with E-state index in [1.54, 1.807) is 31.2 Å². The van der Waals surface area contributed by atoms with Crippen LogP contribution in [-0.4, -0.2) is 29.1 Å². The normalized spacial score (nSPS) is 13.8.